The summed E-state index contributed by atoms with van der Waals surface area (Å²) in [5.74, 6) is -0.765. The molecule has 0 unspecified atom stereocenters. The maximum absolute atomic E-state index is 12.3. The van der Waals surface area contributed by atoms with Gasteiger partial charge in [-0.05, 0) is 23.6 Å². The number of benzene rings is 2. The van der Waals surface area contributed by atoms with Crippen molar-refractivity contribution in [1.82, 2.24) is 5.32 Å². The van der Waals surface area contributed by atoms with Crippen molar-refractivity contribution in [3.63, 3.8) is 0 Å². The van der Waals surface area contributed by atoms with Gasteiger partial charge in [0.1, 0.15) is 0 Å². The lowest BCUT2D eigenvalue weighted by atomic mass is 10.00. The maximum atomic E-state index is 12.3. The van der Waals surface area contributed by atoms with Crippen LogP contribution in [-0.4, -0.2) is 25.0 Å². The fourth-order valence-corrected chi connectivity index (χ4v) is 2.20. The minimum atomic E-state index is -0.491. The van der Waals surface area contributed by atoms with Gasteiger partial charge in [-0.2, -0.15) is 0 Å². The summed E-state index contributed by atoms with van der Waals surface area (Å²) in [5, 5.41) is 2.72. The molecule has 0 saturated carbocycles. The highest BCUT2D eigenvalue weighted by Crippen LogP contribution is 2.23. The molecule has 0 aliphatic heterocycles. The highest BCUT2D eigenvalue weighted by atomic mass is 16.5. The van der Waals surface area contributed by atoms with E-state index in [9.17, 15) is 9.59 Å². The van der Waals surface area contributed by atoms with Crippen molar-refractivity contribution in [3.8, 4) is 11.1 Å². The Morgan fingerprint density at radius 1 is 1.00 bits per heavy atom. The predicted molar refractivity (Wildman–Crippen MR) is 90.1 cm³/mol. The zero-order valence-corrected chi connectivity index (χ0v) is 13.2. The number of amides is 1. The van der Waals surface area contributed by atoms with E-state index in [1.807, 2.05) is 49.4 Å². The smallest absolute Gasteiger partial charge is 0.339 e. The standard InChI is InChI=1S/C19H21NO3/c1-2-3-13-20-18(21)14-23-19(22)17-12-8-7-11-16(17)15-9-5-4-6-10-15/h4-12H,2-3,13-14H2,1H3,(H,20,21). The molecule has 1 amide bonds. The van der Waals surface area contributed by atoms with E-state index in [4.69, 9.17) is 4.74 Å². The molecule has 0 aliphatic rings. The minimum Gasteiger partial charge on any atom is -0.452 e. The molecule has 0 aliphatic carbocycles. The first-order valence-electron chi connectivity index (χ1n) is 7.80. The Kier molecular flexibility index (Phi) is 6.36. The SMILES string of the molecule is CCCCNC(=O)COC(=O)c1ccccc1-c1ccccc1. The molecule has 0 heterocycles. The normalized spacial score (nSPS) is 10.1. The molecule has 2 aromatic carbocycles. The number of unbranched alkanes of at least 4 members (excludes halogenated alkanes) is 1. The summed E-state index contributed by atoms with van der Waals surface area (Å²) in [6.45, 7) is 2.39. The van der Waals surface area contributed by atoms with Crippen molar-refractivity contribution in [2.45, 2.75) is 19.8 Å². The minimum absolute atomic E-state index is 0.258. The maximum Gasteiger partial charge on any atom is 0.339 e. The van der Waals surface area contributed by atoms with Gasteiger partial charge < -0.3 is 10.1 Å². The van der Waals surface area contributed by atoms with Gasteiger partial charge in [0.2, 0.25) is 0 Å². The van der Waals surface area contributed by atoms with Crippen LogP contribution in [0.1, 0.15) is 30.1 Å². The van der Waals surface area contributed by atoms with Crippen molar-refractivity contribution in [1.29, 1.82) is 0 Å². The second-order valence-electron chi connectivity index (χ2n) is 5.19. The molecular weight excluding hydrogens is 290 g/mol. The van der Waals surface area contributed by atoms with E-state index in [1.165, 1.54) is 0 Å². The fourth-order valence-electron chi connectivity index (χ4n) is 2.20. The van der Waals surface area contributed by atoms with Crippen LogP contribution in [0.4, 0.5) is 0 Å². The Morgan fingerprint density at radius 2 is 1.70 bits per heavy atom. The lowest BCUT2D eigenvalue weighted by Gasteiger charge is -2.10. The quantitative estimate of drug-likeness (QED) is 0.629. The number of nitrogens with one attached hydrogen (secondary N) is 1. The highest BCUT2D eigenvalue weighted by Gasteiger charge is 2.14. The molecule has 0 atom stereocenters. The number of rotatable bonds is 7. The van der Waals surface area contributed by atoms with Gasteiger partial charge in [0.25, 0.3) is 5.91 Å². The highest BCUT2D eigenvalue weighted by molar-refractivity contribution is 5.98. The van der Waals surface area contributed by atoms with Crippen LogP contribution in [-0.2, 0) is 9.53 Å². The number of carbonyl (C=O) groups is 2. The average molecular weight is 311 g/mol. The molecule has 0 spiro atoms. The van der Waals surface area contributed by atoms with E-state index in [-0.39, 0.29) is 12.5 Å². The van der Waals surface area contributed by atoms with Crippen LogP contribution >= 0.6 is 0 Å². The van der Waals surface area contributed by atoms with Gasteiger partial charge in [-0.25, -0.2) is 4.79 Å². The topological polar surface area (TPSA) is 55.4 Å². The average Bonchev–Trinajstić information content (AvgIpc) is 2.60. The van der Waals surface area contributed by atoms with Crippen LogP contribution in [0.15, 0.2) is 54.6 Å². The summed E-state index contributed by atoms with van der Waals surface area (Å²) in [6.07, 6.45) is 1.92. The summed E-state index contributed by atoms with van der Waals surface area (Å²) >= 11 is 0. The molecule has 0 saturated heterocycles. The third-order valence-electron chi connectivity index (χ3n) is 3.42. The Hall–Kier alpha value is -2.62. The van der Waals surface area contributed by atoms with Crippen molar-refractivity contribution >= 4 is 11.9 Å². The lowest BCUT2D eigenvalue weighted by Crippen LogP contribution is -2.29. The molecule has 4 heteroatoms. The van der Waals surface area contributed by atoms with Gasteiger partial charge in [-0.3, -0.25) is 4.79 Å². The van der Waals surface area contributed by atoms with Gasteiger partial charge in [0, 0.05) is 6.54 Å². The second kappa shape index (κ2) is 8.73. The summed E-state index contributed by atoms with van der Waals surface area (Å²) in [7, 11) is 0. The zero-order valence-electron chi connectivity index (χ0n) is 13.2. The van der Waals surface area contributed by atoms with Gasteiger partial charge in [0.15, 0.2) is 6.61 Å². The van der Waals surface area contributed by atoms with Crippen molar-refractivity contribution in [3.05, 3.63) is 60.2 Å². The Morgan fingerprint density at radius 3 is 2.43 bits per heavy atom. The van der Waals surface area contributed by atoms with Crippen LogP contribution < -0.4 is 5.32 Å². The van der Waals surface area contributed by atoms with E-state index in [1.54, 1.807) is 12.1 Å². The molecule has 4 nitrogen and oxygen atoms in total. The molecule has 0 radical (unpaired) electrons. The van der Waals surface area contributed by atoms with Crippen LogP contribution in [0, 0.1) is 0 Å². The number of hydrogen-bond donors (Lipinski definition) is 1. The van der Waals surface area contributed by atoms with Gasteiger partial charge in [-0.1, -0.05) is 61.9 Å². The first-order chi connectivity index (χ1) is 11.2. The number of ether oxygens (including phenoxy) is 1. The van der Waals surface area contributed by atoms with E-state index in [0.717, 1.165) is 24.0 Å². The predicted octanol–water partition coefficient (Wildman–Crippen LogP) is 3.43. The monoisotopic (exact) mass is 311 g/mol. The first-order valence-corrected chi connectivity index (χ1v) is 7.80. The molecule has 0 bridgehead atoms. The van der Waals surface area contributed by atoms with Crippen molar-refractivity contribution in [2.75, 3.05) is 13.2 Å². The summed E-state index contributed by atoms with van der Waals surface area (Å²) in [4.78, 5) is 23.9. The summed E-state index contributed by atoms with van der Waals surface area (Å²) < 4.78 is 5.13. The van der Waals surface area contributed by atoms with Gasteiger partial charge >= 0.3 is 5.97 Å². The van der Waals surface area contributed by atoms with Crippen LogP contribution in [0.2, 0.25) is 0 Å². The van der Waals surface area contributed by atoms with Crippen LogP contribution in [0.5, 0.6) is 0 Å². The van der Waals surface area contributed by atoms with Crippen molar-refractivity contribution < 1.29 is 14.3 Å². The van der Waals surface area contributed by atoms with E-state index >= 15 is 0 Å². The third-order valence-corrected chi connectivity index (χ3v) is 3.42. The first kappa shape index (κ1) is 16.7. The summed E-state index contributed by atoms with van der Waals surface area (Å²) in [5.41, 5.74) is 2.19. The Labute approximate surface area is 136 Å². The van der Waals surface area contributed by atoms with E-state index in [2.05, 4.69) is 5.32 Å². The van der Waals surface area contributed by atoms with Gasteiger partial charge in [0.05, 0.1) is 5.56 Å². The third kappa shape index (κ3) is 4.95. The van der Waals surface area contributed by atoms with Gasteiger partial charge in [-0.15, -0.1) is 0 Å². The molecular formula is C19H21NO3. The lowest BCUT2D eigenvalue weighted by molar-refractivity contribution is -0.124. The molecule has 1 N–H and O–H groups in total. The zero-order chi connectivity index (χ0) is 16.5. The molecule has 2 rings (SSSR count). The van der Waals surface area contributed by atoms with E-state index < -0.39 is 5.97 Å². The van der Waals surface area contributed by atoms with Crippen LogP contribution in [0.25, 0.3) is 11.1 Å². The molecule has 0 fully saturated rings. The number of hydrogen-bond acceptors (Lipinski definition) is 3. The fraction of sp³-hybridized carbons (Fsp3) is 0.263. The second-order valence-corrected chi connectivity index (χ2v) is 5.19. The Bertz CT molecular complexity index is 653. The van der Waals surface area contributed by atoms with Crippen molar-refractivity contribution in [2.24, 2.45) is 0 Å². The summed E-state index contributed by atoms with van der Waals surface area (Å²) in [6, 6.07) is 16.9. The van der Waals surface area contributed by atoms with E-state index in [0.29, 0.717) is 12.1 Å². The molecule has 120 valence electrons. The molecule has 2 aromatic rings. The largest absolute Gasteiger partial charge is 0.452 e. The molecule has 23 heavy (non-hydrogen) atoms. The molecule has 0 aromatic heterocycles. The number of esters is 1. The Balaban J connectivity index is 2.02. The van der Waals surface area contributed by atoms with Crippen LogP contribution in [0.3, 0.4) is 0 Å². The number of carbonyl (C=O) groups excluding carboxylic acids is 2.